The number of guanidine groups is 1. The molecule has 0 aromatic heterocycles. The van der Waals surface area contributed by atoms with Gasteiger partial charge < -0.3 is 29.9 Å². The highest BCUT2D eigenvalue weighted by atomic mass is 16.5. The van der Waals surface area contributed by atoms with Crippen LogP contribution in [0.3, 0.4) is 0 Å². The second kappa shape index (κ2) is 14.2. The van der Waals surface area contributed by atoms with Gasteiger partial charge in [-0.15, -0.1) is 0 Å². The van der Waals surface area contributed by atoms with E-state index >= 15 is 0 Å². The van der Waals surface area contributed by atoms with E-state index in [0.29, 0.717) is 5.92 Å². The van der Waals surface area contributed by atoms with Crippen molar-refractivity contribution in [3.63, 3.8) is 0 Å². The van der Waals surface area contributed by atoms with Crippen LogP contribution in [-0.4, -0.2) is 102 Å². The van der Waals surface area contributed by atoms with Crippen LogP contribution in [0.5, 0.6) is 0 Å². The van der Waals surface area contributed by atoms with Crippen molar-refractivity contribution in [1.82, 2.24) is 20.4 Å². The number of aliphatic imine (C=N–C) groups is 1. The predicted molar refractivity (Wildman–Crippen MR) is 112 cm³/mol. The average molecular weight is 384 g/mol. The monoisotopic (exact) mass is 383 g/mol. The van der Waals surface area contributed by atoms with Crippen LogP contribution in [0.15, 0.2) is 4.99 Å². The average Bonchev–Trinajstić information content (AvgIpc) is 3.19. The molecule has 158 valence electrons. The molecular formula is C20H41N5O2. The third-order valence-corrected chi connectivity index (χ3v) is 5.23. The van der Waals surface area contributed by atoms with Crippen molar-refractivity contribution in [3.8, 4) is 0 Å². The lowest BCUT2D eigenvalue weighted by molar-refractivity contribution is 0.0893. The van der Waals surface area contributed by atoms with Crippen molar-refractivity contribution in [2.45, 2.75) is 32.6 Å². The number of ether oxygens (including phenoxy) is 2. The zero-order valence-electron chi connectivity index (χ0n) is 17.5. The molecule has 0 aromatic rings. The number of hydrogen-bond donors (Lipinski definition) is 2. The maximum absolute atomic E-state index is 5.74. The van der Waals surface area contributed by atoms with Crippen molar-refractivity contribution < 1.29 is 9.47 Å². The highest BCUT2D eigenvalue weighted by molar-refractivity contribution is 5.79. The van der Waals surface area contributed by atoms with Crippen molar-refractivity contribution in [1.29, 1.82) is 0 Å². The molecule has 0 saturated carbocycles. The first-order valence-electron chi connectivity index (χ1n) is 10.9. The Morgan fingerprint density at radius 2 is 2.00 bits per heavy atom. The van der Waals surface area contributed by atoms with Crippen LogP contribution in [0.25, 0.3) is 0 Å². The largest absolute Gasteiger partial charge is 0.381 e. The summed E-state index contributed by atoms with van der Waals surface area (Å²) in [5.74, 6) is 1.53. The Morgan fingerprint density at radius 1 is 1.15 bits per heavy atom. The fourth-order valence-corrected chi connectivity index (χ4v) is 3.40. The van der Waals surface area contributed by atoms with Crippen LogP contribution in [0, 0.1) is 5.92 Å². The van der Waals surface area contributed by atoms with Gasteiger partial charge in [0.15, 0.2) is 5.96 Å². The minimum Gasteiger partial charge on any atom is -0.381 e. The van der Waals surface area contributed by atoms with E-state index in [-0.39, 0.29) is 0 Å². The molecular weight excluding hydrogens is 342 g/mol. The van der Waals surface area contributed by atoms with Gasteiger partial charge >= 0.3 is 0 Å². The van der Waals surface area contributed by atoms with Gasteiger partial charge in [-0.05, 0) is 46.2 Å². The van der Waals surface area contributed by atoms with Gasteiger partial charge in [0, 0.05) is 64.9 Å². The standard InChI is InChI=1S/C20H41N5O2/c1-3-21-20(23-9-6-15-26-17-19-7-16-27-18-19)22-8-4-5-10-25-13-11-24(2)12-14-25/h19H,3-18H2,1-2H3,(H2,21,22,23). The van der Waals surface area contributed by atoms with E-state index < -0.39 is 0 Å². The Bertz CT molecular complexity index is 394. The smallest absolute Gasteiger partial charge is 0.191 e. The van der Waals surface area contributed by atoms with Gasteiger partial charge in [-0.2, -0.15) is 0 Å². The van der Waals surface area contributed by atoms with Gasteiger partial charge in [-0.25, -0.2) is 0 Å². The van der Waals surface area contributed by atoms with Crippen LogP contribution >= 0.6 is 0 Å². The molecule has 0 amide bonds. The molecule has 2 aliphatic rings. The van der Waals surface area contributed by atoms with Gasteiger partial charge in [-0.3, -0.25) is 4.99 Å². The van der Waals surface area contributed by atoms with E-state index in [1.165, 1.54) is 45.6 Å². The molecule has 1 unspecified atom stereocenters. The second-order valence-electron chi connectivity index (χ2n) is 7.70. The van der Waals surface area contributed by atoms with E-state index in [1.54, 1.807) is 0 Å². The minimum absolute atomic E-state index is 0.596. The highest BCUT2D eigenvalue weighted by Gasteiger charge is 2.15. The topological polar surface area (TPSA) is 61.4 Å². The maximum Gasteiger partial charge on any atom is 0.191 e. The normalized spacial score (nSPS) is 22.3. The molecule has 7 heteroatoms. The first-order chi connectivity index (χ1) is 13.3. The Morgan fingerprint density at radius 3 is 2.74 bits per heavy atom. The molecule has 0 aliphatic carbocycles. The van der Waals surface area contributed by atoms with E-state index in [1.807, 2.05) is 0 Å². The number of piperazine rings is 1. The van der Waals surface area contributed by atoms with Crippen LogP contribution in [0.2, 0.25) is 0 Å². The number of nitrogens with zero attached hydrogens (tertiary/aromatic N) is 3. The lowest BCUT2D eigenvalue weighted by Crippen LogP contribution is -2.44. The van der Waals surface area contributed by atoms with Crippen molar-refractivity contribution in [2.24, 2.45) is 10.9 Å². The summed E-state index contributed by atoms with van der Waals surface area (Å²) in [5, 5.41) is 6.78. The summed E-state index contributed by atoms with van der Waals surface area (Å²) in [4.78, 5) is 9.64. The van der Waals surface area contributed by atoms with E-state index in [9.17, 15) is 0 Å². The number of unbranched alkanes of at least 4 members (excludes halogenated alkanes) is 1. The lowest BCUT2D eigenvalue weighted by atomic mass is 10.1. The molecule has 0 aromatic carbocycles. The van der Waals surface area contributed by atoms with Crippen LogP contribution in [-0.2, 0) is 9.47 Å². The minimum atomic E-state index is 0.596. The SMILES string of the molecule is CCNC(=NCCCOCC1CCOC1)NCCCCN1CCN(C)CC1. The molecule has 0 bridgehead atoms. The van der Waals surface area contributed by atoms with Crippen molar-refractivity contribution >= 4 is 5.96 Å². The Balaban J connectivity index is 1.47. The molecule has 2 fully saturated rings. The highest BCUT2D eigenvalue weighted by Crippen LogP contribution is 2.12. The van der Waals surface area contributed by atoms with Gasteiger partial charge in [0.1, 0.15) is 0 Å². The zero-order chi connectivity index (χ0) is 19.2. The van der Waals surface area contributed by atoms with Gasteiger partial charge in [0.25, 0.3) is 0 Å². The molecule has 2 heterocycles. The predicted octanol–water partition coefficient (Wildman–Crippen LogP) is 1.01. The summed E-state index contributed by atoms with van der Waals surface area (Å²) < 4.78 is 11.1. The third-order valence-electron chi connectivity index (χ3n) is 5.23. The molecule has 2 aliphatic heterocycles. The van der Waals surface area contributed by atoms with Crippen molar-refractivity contribution in [2.75, 3.05) is 85.8 Å². The summed E-state index contributed by atoms with van der Waals surface area (Å²) >= 11 is 0. The summed E-state index contributed by atoms with van der Waals surface area (Å²) in [6.07, 6.45) is 4.53. The number of likely N-dealkylation sites (N-methyl/N-ethyl adjacent to an activating group) is 1. The van der Waals surface area contributed by atoms with E-state index in [4.69, 9.17) is 9.47 Å². The number of rotatable bonds is 12. The number of hydrogen-bond acceptors (Lipinski definition) is 5. The molecule has 0 spiro atoms. The van der Waals surface area contributed by atoms with Crippen LogP contribution < -0.4 is 10.6 Å². The molecule has 1 atom stereocenters. The fourth-order valence-electron chi connectivity index (χ4n) is 3.40. The Hall–Kier alpha value is -0.890. The van der Waals surface area contributed by atoms with E-state index in [2.05, 4.69) is 39.4 Å². The summed E-state index contributed by atoms with van der Waals surface area (Å²) in [5.41, 5.74) is 0. The Kier molecular flexibility index (Phi) is 11.7. The first-order valence-corrected chi connectivity index (χ1v) is 10.9. The summed E-state index contributed by atoms with van der Waals surface area (Å²) in [7, 11) is 2.21. The summed E-state index contributed by atoms with van der Waals surface area (Å²) in [6, 6.07) is 0. The molecule has 0 radical (unpaired) electrons. The molecule has 27 heavy (non-hydrogen) atoms. The first kappa shape index (κ1) is 22.4. The van der Waals surface area contributed by atoms with Crippen LogP contribution in [0.1, 0.15) is 32.6 Å². The van der Waals surface area contributed by atoms with E-state index in [0.717, 1.165) is 64.9 Å². The van der Waals surface area contributed by atoms with Gasteiger partial charge in [-0.1, -0.05) is 0 Å². The van der Waals surface area contributed by atoms with Gasteiger partial charge in [0.05, 0.1) is 13.2 Å². The third kappa shape index (κ3) is 10.3. The molecule has 2 N–H and O–H groups in total. The second-order valence-corrected chi connectivity index (χ2v) is 7.70. The number of nitrogens with one attached hydrogen (secondary N) is 2. The fraction of sp³-hybridized carbons (Fsp3) is 0.950. The molecule has 7 nitrogen and oxygen atoms in total. The molecule has 2 rings (SSSR count). The lowest BCUT2D eigenvalue weighted by Gasteiger charge is -2.32. The zero-order valence-corrected chi connectivity index (χ0v) is 17.5. The Labute approximate surface area is 165 Å². The maximum atomic E-state index is 5.74. The summed E-state index contributed by atoms with van der Waals surface area (Å²) in [6.45, 7) is 14.2. The molecule has 2 saturated heterocycles. The van der Waals surface area contributed by atoms with Gasteiger partial charge in [0.2, 0.25) is 0 Å². The quantitative estimate of drug-likeness (QED) is 0.298. The van der Waals surface area contributed by atoms with Crippen molar-refractivity contribution in [3.05, 3.63) is 0 Å². The van der Waals surface area contributed by atoms with Crippen LogP contribution in [0.4, 0.5) is 0 Å².